The van der Waals surface area contributed by atoms with Gasteiger partial charge in [0.15, 0.2) is 6.61 Å². The van der Waals surface area contributed by atoms with Gasteiger partial charge in [0.1, 0.15) is 0 Å². The lowest BCUT2D eigenvalue weighted by Crippen LogP contribution is -2.42. The molecule has 3 amide bonds. The van der Waals surface area contributed by atoms with E-state index < -0.39 is 24.5 Å². The number of carbonyl (C=O) groups is 3. The lowest BCUT2D eigenvalue weighted by Gasteiger charge is -2.13. The van der Waals surface area contributed by atoms with Crippen LogP contribution in [0.2, 0.25) is 0 Å². The fourth-order valence-corrected chi connectivity index (χ4v) is 2.78. The molecular weight excluding hydrogens is 334 g/mol. The van der Waals surface area contributed by atoms with E-state index in [1.807, 2.05) is 32.0 Å². The van der Waals surface area contributed by atoms with E-state index >= 15 is 0 Å². The third kappa shape index (κ3) is 3.99. The molecule has 136 valence electrons. The van der Waals surface area contributed by atoms with E-state index in [1.165, 1.54) is 0 Å². The first-order valence-corrected chi connectivity index (χ1v) is 8.65. The largest absolute Gasteiger partial charge is 0.452 e. The van der Waals surface area contributed by atoms with Crippen molar-refractivity contribution in [2.75, 3.05) is 6.61 Å². The number of hydrogen-bond acceptors (Lipinski definition) is 5. The zero-order chi connectivity index (χ0) is 18.7. The summed E-state index contributed by atoms with van der Waals surface area (Å²) >= 11 is 0. The first-order valence-electron chi connectivity index (χ1n) is 8.65. The van der Waals surface area contributed by atoms with Gasteiger partial charge in [-0.15, -0.1) is 0 Å². The summed E-state index contributed by atoms with van der Waals surface area (Å²) in [4.78, 5) is 40.5. The van der Waals surface area contributed by atoms with Gasteiger partial charge in [-0.3, -0.25) is 15.1 Å². The Kier molecular flexibility index (Phi) is 5.16. The van der Waals surface area contributed by atoms with E-state index in [9.17, 15) is 14.4 Å². The highest BCUT2D eigenvalue weighted by Gasteiger charge is 2.24. The van der Waals surface area contributed by atoms with Crippen molar-refractivity contribution in [3.8, 4) is 0 Å². The number of rotatable bonds is 5. The number of hydrogen-bond donors (Lipinski definition) is 2. The third-order valence-electron chi connectivity index (χ3n) is 4.28. The molecule has 1 aromatic heterocycles. The van der Waals surface area contributed by atoms with Gasteiger partial charge in [-0.05, 0) is 37.8 Å². The molecule has 0 bridgehead atoms. The maximum atomic E-state index is 12.6. The van der Waals surface area contributed by atoms with E-state index in [0.29, 0.717) is 22.9 Å². The normalized spacial score (nSPS) is 13.3. The predicted octanol–water partition coefficient (Wildman–Crippen LogP) is 2.25. The number of aromatic nitrogens is 1. The Balaban J connectivity index is 1.71. The van der Waals surface area contributed by atoms with Crippen LogP contribution in [0.3, 0.4) is 0 Å². The van der Waals surface area contributed by atoms with Crippen molar-refractivity contribution in [1.29, 1.82) is 0 Å². The van der Waals surface area contributed by atoms with E-state index in [0.717, 1.165) is 24.1 Å². The summed E-state index contributed by atoms with van der Waals surface area (Å²) in [6.45, 7) is 3.26. The van der Waals surface area contributed by atoms with Crippen molar-refractivity contribution in [2.45, 2.75) is 39.2 Å². The monoisotopic (exact) mass is 355 g/mol. The second-order valence-electron chi connectivity index (χ2n) is 6.30. The number of carbonyl (C=O) groups excluding carboxylic acids is 3. The molecule has 0 saturated heterocycles. The van der Waals surface area contributed by atoms with E-state index in [4.69, 9.17) is 4.74 Å². The third-order valence-corrected chi connectivity index (χ3v) is 4.28. The number of pyridine rings is 1. The number of urea groups is 1. The number of esters is 1. The molecule has 2 N–H and O–H groups in total. The predicted molar refractivity (Wildman–Crippen MR) is 95.8 cm³/mol. The molecule has 1 aliphatic rings. The highest BCUT2D eigenvalue weighted by molar-refractivity contribution is 6.05. The highest BCUT2D eigenvalue weighted by Crippen LogP contribution is 2.24. The second-order valence-corrected chi connectivity index (χ2v) is 6.30. The van der Waals surface area contributed by atoms with Crippen LogP contribution in [0.25, 0.3) is 10.9 Å². The fourth-order valence-electron chi connectivity index (χ4n) is 2.78. The van der Waals surface area contributed by atoms with E-state index in [2.05, 4.69) is 15.6 Å². The van der Waals surface area contributed by atoms with Crippen LogP contribution >= 0.6 is 0 Å². The molecule has 1 aromatic carbocycles. The Labute approximate surface area is 151 Å². The van der Waals surface area contributed by atoms with Crippen LogP contribution in [0.4, 0.5) is 4.79 Å². The van der Waals surface area contributed by atoms with E-state index in [-0.39, 0.29) is 6.04 Å². The van der Waals surface area contributed by atoms with Gasteiger partial charge in [-0.25, -0.2) is 9.59 Å². The van der Waals surface area contributed by atoms with Crippen molar-refractivity contribution in [3.63, 3.8) is 0 Å². The molecule has 0 radical (unpaired) electrons. The minimum Gasteiger partial charge on any atom is -0.452 e. The van der Waals surface area contributed by atoms with Crippen molar-refractivity contribution >= 4 is 28.8 Å². The van der Waals surface area contributed by atoms with Crippen molar-refractivity contribution in [1.82, 2.24) is 15.6 Å². The molecule has 1 fully saturated rings. The van der Waals surface area contributed by atoms with Crippen LogP contribution in [0.1, 0.15) is 41.4 Å². The van der Waals surface area contributed by atoms with Crippen LogP contribution in [-0.4, -0.2) is 35.5 Å². The number of nitrogens with one attached hydrogen (secondary N) is 2. The Hall–Kier alpha value is -2.96. The van der Waals surface area contributed by atoms with Crippen LogP contribution in [0.5, 0.6) is 0 Å². The number of aryl methyl sites for hydroxylation is 1. The summed E-state index contributed by atoms with van der Waals surface area (Å²) in [6, 6.07) is 6.89. The van der Waals surface area contributed by atoms with Crippen molar-refractivity contribution in [2.24, 2.45) is 0 Å². The Morgan fingerprint density at radius 1 is 1.23 bits per heavy atom. The standard InChI is InChI=1S/C19H21N3O4/c1-3-14-11(2)17(13-6-4-5-7-15(13)21-14)18(24)26-10-16(23)22-19(25)20-12-8-9-12/h4-7,12H,3,8-10H2,1-2H3,(H2,20,22,23,25). The summed E-state index contributed by atoms with van der Waals surface area (Å²) < 4.78 is 5.14. The zero-order valence-electron chi connectivity index (χ0n) is 14.8. The van der Waals surface area contributed by atoms with Gasteiger partial charge < -0.3 is 10.1 Å². The number of ether oxygens (including phenoxy) is 1. The maximum absolute atomic E-state index is 12.6. The quantitative estimate of drug-likeness (QED) is 0.802. The van der Waals surface area contributed by atoms with Crippen molar-refractivity contribution in [3.05, 3.63) is 41.1 Å². The molecule has 0 unspecified atom stereocenters. The first-order chi connectivity index (χ1) is 12.5. The van der Waals surface area contributed by atoms with Crippen LogP contribution in [0.15, 0.2) is 24.3 Å². The Bertz CT molecular complexity index is 874. The Morgan fingerprint density at radius 2 is 1.96 bits per heavy atom. The summed E-state index contributed by atoms with van der Waals surface area (Å²) in [6.07, 6.45) is 2.52. The van der Waals surface area contributed by atoms with Crippen LogP contribution < -0.4 is 10.6 Å². The zero-order valence-corrected chi connectivity index (χ0v) is 14.8. The van der Waals surface area contributed by atoms with Gasteiger partial charge in [0.2, 0.25) is 0 Å². The topological polar surface area (TPSA) is 97.4 Å². The number of amides is 3. The van der Waals surface area contributed by atoms with Gasteiger partial charge >= 0.3 is 12.0 Å². The molecule has 7 heteroatoms. The number of imide groups is 1. The average molecular weight is 355 g/mol. The second kappa shape index (κ2) is 7.51. The molecule has 1 heterocycles. The van der Waals surface area contributed by atoms with Gasteiger partial charge in [0.05, 0.1) is 11.1 Å². The molecule has 2 aromatic rings. The van der Waals surface area contributed by atoms with Crippen LogP contribution in [0, 0.1) is 6.92 Å². The molecule has 26 heavy (non-hydrogen) atoms. The highest BCUT2D eigenvalue weighted by atomic mass is 16.5. The SMILES string of the molecule is CCc1nc2ccccc2c(C(=O)OCC(=O)NC(=O)NC2CC2)c1C. The molecule has 1 saturated carbocycles. The molecule has 3 rings (SSSR count). The van der Waals surface area contributed by atoms with Gasteiger partial charge in [-0.2, -0.15) is 0 Å². The minimum atomic E-state index is -0.664. The molecule has 7 nitrogen and oxygen atoms in total. The molecular formula is C19H21N3O4. The summed E-state index contributed by atoms with van der Waals surface area (Å²) in [5.74, 6) is -1.27. The van der Waals surface area contributed by atoms with Gasteiger partial charge in [0, 0.05) is 17.1 Å². The molecule has 0 aliphatic heterocycles. The van der Waals surface area contributed by atoms with Crippen LogP contribution in [-0.2, 0) is 16.0 Å². The summed E-state index contributed by atoms with van der Waals surface area (Å²) in [5.41, 5.74) is 2.66. The maximum Gasteiger partial charge on any atom is 0.339 e. The molecule has 1 aliphatic carbocycles. The first kappa shape index (κ1) is 17.8. The van der Waals surface area contributed by atoms with Gasteiger partial charge in [-0.1, -0.05) is 25.1 Å². The number of fused-ring (bicyclic) bond motifs is 1. The summed E-state index contributed by atoms with van der Waals surface area (Å²) in [5, 5.41) is 5.47. The Morgan fingerprint density at radius 3 is 2.65 bits per heavy atom. The number of benzene rings is 1. The minimum absolute atomic E-state index is 0.142. The lowest BCUT2D eigenvalue weighted by molar-refractivity contribution is -0.123. The fraction of sp³-hybridized carbons (Fsp3) is 0.368. The number of para-hydroxylation sites is 1. The number of nitrogens with zero attached hydrogens (tertiary/aromatic N) is 1. The molecule has 0 atom stereocenters. The smallest absolute Gasteiger partial charge is 0.339 e. The van der Waals surface area contributed by atoms with E-state index in [1.54, 1.807) is 6.07 Å². The van der Waals surface area contributed by atoms with Gasteiger partial charge in [0.25, 0.3) is 5.91 Å². The average Bonchev–Trinajstić information content (AvgIpc) is 3.42. The summed E-state index contributed by atoms with van der Waals surface area (Å²) in [7, 11) is 0. The lowest BCUT2D eigenvalue weighted by atomic mass is 10.0. The molecule has 0 spiro atoms. The van der Waals surface area contributed by atoms with Crippen molar-refractivity contribution < 1.29 is 19.1 Å².